The van der Waals surface area contributed by atoms with Crippen LogP contribution in [0.5, 0.6) is 0 Å². The number of rotatable bonds is 2. The first kappa shape index (κ1) is 9.99. The molecule has 0 bridgehead atoms. The number of allylic oxidation sites excluding steroid dienone is 3. The lowest BCUT2D eigenvalue weighted by Crippen LogP contribution is -2.34. The van der Waals surface area contributed by atoms with E-state index >= 15 is 0 Å². The van der Waals surface area contributed by atoms with E-state index in [0.29, 0.717) is 13.2 Å². The van der Waals surface area contributed by atoms with Gasteiger partial charge in [-0.2, -0.15) is 0 Å². The molecule has 0 aromatic rings. The molecule has 0 spiro atoms. The van der Waals surface area contributed by atoms with E-state index in [1.807, 2.05) is 19.1 Å². The van der Waals surface area contributed by atoms with E-state index in [4.69, 9.17) is 4.84 Å². The molecule has 0 radical (unpaired) electrons. The van der Waals surface area contributed by atoms with Gasteiger partial charge in [0.25, 0.3) is 5.91 Å². The third-order valence-electron chi connectivity index (χ3n) is 1.79. The molecule has 0 unspecified atom stereocenters. The second-order valence-corrected chi connectivity index (χ2v) is 2.87. The Bertz CT molecular complexity index is 215. The highest BCUT2D eigenvalue weighted by molar-refractivity contribution is 5.87. The van der Waals surface area contributed by atoms with Crippen LogP contribution in [-0.4, -0.2) is 24.1 Å². The molecular formula is C10H15NO2. The fourth-order valence-electron chi connectivity index (χ4n) is 1.10. The third kappa shape index (κ3) is 3.42. The Balaban J connectivity index is 2.37. The molecule has 1 amide bonds. The van der Waals surface area contributed by atoms with Crippen LogP contribution in [0.15, 0.2) is 24.3 Å². The summed E-state index contributed by atoms with van der Waals surface area (Å²) in [6.07, 6.45) is 9.01. The van der Waals surface area contributed by atoms with Gasteiger partial charge in [-0.1, -0.05) is 18.2 Å². The molecule has 3 heteroatoms. The van der Waals surface area contributed by atoms with Gasteiger partial charge in [0.15, 0.2) is 0 Å². The van der Waals surface area contributed by atoms with E-state index in [1.54, 1.807) is 6.08 Å². The number of amides is 1. The number of hydrogen-bond donors (Lipinski definition) is 0. The van der Waals surface area contributed by atoms with Gasteiger partial charge in [0.05, 0.1) is 6.61 Å². The molecule has 0 N–H and O–H groups in total. The summed E-state index contributed by atoms with van der Waals surface area (Å²) < 4.78 is 0. The minimum Gasteiger partial charge on any atom is -0.271 e. The van der Waals surface area contributed by atoms with Gasteiger partial charge in [-0.25, -0.2) is 5.06 Å². The minimum absolute atomic E-state index is 0.0715. The smallest absolute Gasteiger partial charge is 0.270 e. The molecular weight excluding hydrogens is 166 g/mol. The Hall–Kier alpha value is -1.09. The Morgan fingerprint density at radius 2 is 2.23 bits per heavy atom. The van der Waals surface area contributed by atoms with Crippen molar-refractivity contribution >= 4 is 5.91 Å². The average Bonchev–Trinajstić information content (AvgIpc) is 2.19. The van der Waals surface area contributed by atoms with Crippen LogP contribution in [-0.2, 0) is 9.63 Å². The maximum Gasteiger partial charge on any atom is 0.270 e. The zero-order valence-corrected chi connectivity index (χ0v) is 7.90. The van der Waals surface area contributed by atoms with Gasteiger partial charge in [0.2, 0.25) is 0 Å². The van der Waals surface area contributed by atoms with Gasteiger partial charge in [0.1, 0.15) is 0 Å². The summed E-state index contributed by atoms with van der Waals surface area (Å²) in [6, 6.07) is 0. The van der Waals surface area contributed by atoms with E-state index < -0.39 is 0 Å². The van der Waals surface area contributed by atoms with Crippen molar-refractivity contribution in [3.63, 3.8) is 0 Å². The van der Waals surface area contributed by atoms with Gasteiger partial charge in [-0.3, -0.25) is 9.63 Å². The fraction of sp³-hybridized carbons (Fsp3) is 0.500. The molecule has 0 aromatic heterocycles. The molecule has 72 valence electrons. The van der Waals surface area contributed by atoms with Crippen molar-refractivity contribution in [2.45, 2.75) is 19.8 Å². The van der Waals surface area contributed by atoms with Crippen molar-refractivity contribution in [1.29, 1.82) is 0 Å². The Morgan fingerprint density at radius 1 is 1.38 bits per heavy atom. The number of carbonyl (C=O) groups is 1. The molecule has 0 saturated carbocycles. The number of carbonyl (C=O) groups excluding carboxylic acids is 1. The fourth-order valence-corrected chi connectivity index (χ4v) is 1.10. The summed E-state index contributed by atoms with van der Waals surface area (Å²) in [5.41, 5.74) is 0. The maximum atomic E-state index is 11.4. The van der Waals surface area contributed by atoms with Crippen molar-refractivity contribution in [3.8, 4) is 0 Å². The van der Waals surface area contributed by atoms with Crippen LogP contribution < -0.4 is 0 Å². The van der Waals surface area contributed by atoms with Crippen LogP contribution in [0.4, 0.5) is 0 Å². The molecule has 0 aliphatic carbocycles. The van der Waals surface area contributed by atoms with Crippen molar-refractivity contribution in [2.24, 2.45) is 0 Å². The zero-order chi connectivity index (χ0) is 9.52. The molecule has 1 fully saturated rings. The van der Waals surface area contributed by atoms with E-state index in [1.165, 1.54) is 11.1 Å². The Kier molecular flexibility index (Phi) is 4.26. The van der Waals surface area contributed by atoms with Crippen LogP contribution in [0, 0.1) is 0 Å². The monoisotopic (exact) mass is 181 g/mol. The maximum absolute atomic E-state index is 11.4. The predicted octanol–water partition coefficient (Wildman–Crippen LogP) is 1.67. The lowest BCUT2D eigenvalue weighted by Gasteiger charge is -2.24. The first-order valence-corrected chi connectivity index (χ1v) is 4.58. The van der Waals surface area contributed by atoms with Crippen LogP contribution >= 0.6 is 0 Å². The highest BCUT2D eigenvalue weighted by Gasteiger charge is 2.14. The van der Waals surface area contributed by atoms with Crippen molar-refractivity contribution in [2.75, 3.05) is 13.2 Å². The van der Waals surface area contributed by atoms with Crippen molar-refractivity contribution in [1.82, 2.24) is 5.06 Å². The number of hydrogen-bond acceptors (Lipinski definition) is 2. The first-order valence-electron chi connectivity index (χ1n) is 4.58. The quantitative estimate of drug-likeness (QED) is 0.479. The summed E-state index contributed by atoms with van der Waals surface area (Å²) >= 11 is 0. The molecule has 1 saturated heterocycles. The van der Waals surface area contributed by atoms with E-state index in [-0.39, 0.29) is 5.91 Å². The molecule has 0 atom stereocenters. The standard InChI is InChI=1S/C10H15NO2/c1-2-3-4-7-10(12)11-8-5-6-9-13-11/h2-4,7H,5-6,8-9H2,1H3/b3-2+,7-4+. The highest BCUT2D eigenvalue weighted by atomic mass is 16.7. The second kappa shape index (κ2) is 5.54. The lowest BCUT2D eigenvalue weighted by atomic mass is 10.3. The molecule has 1 aliphatic rings. The Morgan fingerprint density at radius 3 is 2.85 bits per heavy atom. The van der Waals surface area contributed by atoms with Crippen LogP contribution in [0.1, 0.15) is 19.8 Å². The molecule has 1 rings (SSSR count). The number of hydroxylamine groups is 2. The van der Waals surface area contributed by atoms with Crippen LogP contribution in [0.2, 0.25) is 0 Å². The Labute approximate surface area is 78.6 Å². The van der Waals surface area contributed by atoms with Crippen molar-refractivity contribution in [3.05, 3.63) is 24.3 Å². The second-order valence-electron chi connectivity index (χ2n) is 2.87. The molecule has 1 heterocycles. The zero-order valence-electron chi connectivity index (χ0n) is 7.90. The highest BCUT2D eigenvalue weighted by Crippen LogP contribution is 2.06. The topological polar surface area (TPSA) is 29.5 Å². The van der Waals surface area contributed by atoms with Gasteiger partial charge < -0.3 is 0 Å². The normalized spacial score (nSPS) is 18.7. The third-order valence-corrected chi connectivity index (χ3v) is 1.79. The first-order chi connectivity index (χ1) is 6.34. The minimum atomic E-state index is -0.0715. The van der Waals surface area contributed by atoms with E-state index in [9.17, 15) is 4.79 Å². The summed E-state index contributed by atoms with van der Waals surface area (Å²) in [6.45, 7) is 3.27. The van der Waals surface area contributed by atoms with Crippen LogP contribution in [0.25, 0.3) is 0 Å². The van der Waals surface area contributed by atoms with Gasteiger partial charge in [-0.05, 0) is 19.8 Å². The summed E-state index contributed by atoms with van der Waals surface area (Å²) in [5.74, 6) is -0.0715. The van der Waals surface area contributed by atoms with Gasteiger partial charge in [0, 0.05) is 12.6 Å². The summed E-state index contributed by atoms with van der Waals surface area (Å²) in [5, 5.41) is 1.42. The lowest BCUT2D eigenvalue weighted by molar-refractivity contribution is -0.191. The van der Waals surface area contributed by atoms with Crippen molar-refractivity contribution < 1.29 is 9.63 Å². The number of nitrogens with zero attached hydrogens (tertiary/aromatic N) is 1. The van der Waals surface area contributed by atoms with Crippen LogP contribution in [0.3, 0.4) is 0 Å². The molecule has 1 aliphatic heterocycles. The SMILES string of the molecule is C/C=C/C=C/C(=O)N1CCCCO1. The summed E-state index contributed by atoms with van der Waals surface area (Å²) in [7, 11) is 0. The van der Waals surface area contributed by atoms with Gasteiger partial charge >= 0.3 is 0 Å². The van der Waals surface area contributed by atoms with Gasteiger partial charge in [-0.15, -0.1) is 0 Å². The van der Waals surface area contributed by atoms with E-state index in [2.05, 4.69) is 0 Å². The molecule has 13 heavy (non-hydrogen) atoms. The predicted molar refractivity (Wildman–Crippen MR) is 50.9 cm³/mol. The average molecular weight is 181 g/mol. The van der Waals surface area contributed by atoms with E-state index in [0.717, 1.165) is 12.8 Å². The largest absolute Gasteiger partial charge is 0.271 e. The summed E-state index contributed by atoms with van der Waals surface area (Å²) in [4.78, 5) is 16.5. The molecule has 0 aromatic carbocycles. The molecule has 3 nitrogen and oxygen atoms in total.